The van der Waals surface area contributed by atoms with Gasteiger partial charge in [-0.2, -0.15) is 0 Å². The van der Waals surface area contributed by atoms with Gasteiger partial charge in [-0.25, -0.2) is 0 Å². The van der Waals surface area contributed by atoms with Gasteiger partial charge in [-0.15, -0.1) is 0 Å². The largest absolute Gasteiger partial charge is 0.489 e. The highest BCUT2D eigenvalue weighted by Crippen LogP contribution is 2.14. The van der Waals surface area contributed by atoms with Gasteiger partial charge in [0.15, 0.2) is 0 Å². The van der Waals surface area contributed by atoms with E-state index in [1.54, 1.807) is 0 Å². The van der Waals surface area contributed by atoms with Crippen LogP contribution in [-0.2, 0) is 13.2 Å². The molecule has 21 heavy (non-hydrogen) atoms. The van der Waals surface area contributed by atoms with Crippen molar-refractivity contribution < 1.29 is 9.84 Å². The first-order chi connectivity index (χ1) is 10.3. The number of hydrogen-bond donors (Lipinski definition) is 2. The van der Waals surface area contributed by atoms with Crippen LogP contribution in [0.5, 0.6) is 5.75 Å². The maximum Gasteiger partial charge on any atom is 0.119 e. The van der Waals surface area contributed by atoms with Crippen molar-refractivity contribution in [3.05, 3.63) is 65.7 Å². The fourth-order valence-corrected chi connectivity index (χ4v) is 2.04. The van der Waals surface area contributed by atoms with Crippen LogP contribution in [0.25, 0.3) is 0 Å². The lowest BCUT2D eigenvalue weighted by molar-refractivity contribution is 0.238. The fourth-order valence-electron chi connectivity index (χ4n) is 2.04. The van der Waals surface area contributed by atoms with E-state index < -0.39 is 0 Å². The van der Waals surface area contributed by atoms with Crippen LogP contribution < -0.4 is 10.1 Å². The molecular formula is C18H23NO2. The predicted molar refractivity (Wildman–Crippen MR) is 85.2 cm³/mol. The number of aliphatic hydroxyl groups is 1. The van der Waals surface area contributed by atoms with E-state index in [4.69, 9.17) is 9.84 Å². The second-order valence-electron chi connectivity index (χ2n) is 5.09. The van der Waals surface area contributed by atoms with Gasteiger partial charge in [0.25, 0.3) is 0 Å². The molecule has 0 saturated heterocycles. The zero-order valence-corrected chi connectivity index (χ0v) is 12.5. The zero-order valence-electron chi connectivity index (χ0n) is 12.5. The lowest BCUT2D eigenvalue weighted by Gasteiger charge is -2.14. The maximum absolute atomic E-state index is 9.14. The van der Waals surface area contributed by atoms with Crippen molar-refractivity contribution in [1.82, 2.24) is 5.32 Å². The molecule has 2 N–H and O–H groups in total. The van der Waals surface area contributed by atoms with E-state index in [1.165, 1.54) is 5.56 Å². The van der Waals surface area contributed by atoms with Crippen LogP contribution in [0.2, 0.25) is 0 Å². The molecule has 0 aliphatic heterocycles. The number of benzene rings is 2. The molecule has 112 valence electrons. The summed E-state index contributed by atoms with van der Waals surface area (Å²) in [5.41, 5.74) is 2.35. The zero-order chi connectivity index (χ0) is 14.9. The Labute approximate surface area is 126 Å². The normalized spacial score (nSPS) is 12.1. The standard InChI is InChI=1S/C18H23NO2/c1-2-17(13-20)19-12-15-8-10-18(11-9-15)21-14-16-6-4-3-5-7-16/h3-11,17,19-20H,2,12-14H2,1H3/t17-/m0/s1. The Kier molecular flexibility index (Phi) is 6.25. The molecule has 1 atom stereocenters. The summed E-state index contributed by atoms with van der Waals surface area (Å²) >= 11 is 0. The second kappa shape index (κ2) is 8.45. The van der Waals surface area contributed by atoms with Gasteiger partial charge in [-0.05, 0) is 29.7 Å². The third-order valence-electron chi connectivity index (χ3n) is 3.48. The molecule has 0 spiro atoms. The summed E-state index contributed by atoms with van der Waals surface area (Å²) in [7, 11) is 0. The van der Waals surface area contributed by atoms with Crippen LogP contribution in [0.15, 0.2) is 54.6 Å². The second-order valence-corrected chi connectivity index (χ2v) is 5.09. The Morgan fingerprint density at radius 1 is 1.00 bits per heavy atom. The van der Waals surface area contributed by atoms with Crippen molar-refractivity contribution in [2.45, 2.75) is 32.5 Å². The highest BCUT2D eigenvalue weighted by atomic mass is 16.5. The number of ether oxygens (including phenoxy) is 1. The number of nitrogens with one attached hydrogen (secondary N) is 1. The first kappa shape index (κ1) is 15.5. The first-order valence-electron chi connectivity index (χ1n) is 7.41. The third kappa shape index (κ3) is 5.21. The summed E-state index contributed by atoms with van der Waals surface area (Å²) in [5, 5.41) is 12.5. The molecule has 0 bridgehead atoms. The molecule has 0 aromatic heterocycles. The van der Waals surface area contributed by atoms with Crippen molar-refractivity contribution in [2.24, 2.45) is 0 Å². The van der Waals surface area contributed by atoms with Gasteiger partial charge in [-0.3, -0.25) is 0 Å². The summed E-state index contributed by atoms with van der Waals surface area (Å²) in [6, 6.07) is 18.4. The Hall–Kier alpha value is -1.84. The summed E-state index contributed by atoms with van der Waals surface area (Å²) < 4.78 is 5.75. The van der Waals surface area contributed by atoms with Gasteiger partial charge in [0.1, 0.15) is 12.4 Å². The lowest BCUT2D eigenvalue weighted by Crippen LogP contribution is -2.31. The SMILES string of the molecule is CC[C@@H](CO)NCc1ccc(OCc2ccccc2)cc1. The molecule has 0 radical (unpaired) electrons. The Morgan fingerprint density at radius 2 is 1.71 bits per heavy atom. The Balaban J connectivity index is 1.81. The van der Waals surface area contributed by atoms with Crippen LogP contribution in [0.4, 0.5) is 0 Å². The molecule has 0 heterocycles. The molecule has 2 aromatic rings. The van der Waals surface area contributed by atoms with Gasteiger partial charge >= 0.3 is 0 Å². The fraction of sp³-hybridized carbons (Fsp3) is 0.333. The number of hydrogen-bond acceptors (Lipinski definition) is 3. The van der Waals surface area contributed by atoms with Gasteiger partial charge in [0, 0.05) is 12.6 Å². The minimum Gasteiger partial charge on any atom is -0.489 e. The quantitative estimate of drug-likeness (QED) is 0.783. The first-order valence-corrected chi connectivity index (χ1v) is 7.41. The predicted octanol–water partition coefficient (Wildman–Crippen LogP) is 3.13. The molecular weight excluding hydrogens is 262 g/mol. The van der Waals surface area contributed by atoms with Gasteiger partial charge in [0.05, 0.1) is 6.61 Å². The van der Waals surface area contributed by atoms with E-state index in [-0.39, 0.29) is 12.6 Å². The molecule has 3 nitrogen and oxygen atoms in total. The minimum atomic E-state index is 0.166. The van der Waals surface area contributed by atoms with Crippen molar-refractivity contribution in [1.29, 1.82) is 0 Å². The monoisotopic (exact) mass is 285 g/mol. The number of rotatable bonds is 8. The van der Waals surface area contributed by atoms with E-state index in [0.29, 0.717) is 6.61 Å². The van der Waals surface area contributed by atoms with Gasteiger partial charge in [0.2, 0.25) is 0 Å². The molecule has 0 aliphatic rings. The molecule has 0 fully saturated rings. The molecule has 0 aliphatic carbocycles. The summed E-state index contributed by atoms with van der Waals surface area (Å²) in [6.45, 7) is 3.59. The molecule has 0 unspecified atom stereocenters. The van der Waals surface area contributed by atoms with E-state index in [0.717, 1.165) is 24.3 Å². The lowest BCUT2D eigenvalue weighted by atomic mass is 10.2. The molecule has 2 aromatic carbocycles. The third-order valence-corrected chi connectivity index (χ3v) is 3.48. The van der Waals surface area contributed by atoms with Crippen LogP contribution in [0, 0.1) is 0 Å². The van der Waals surface area contributed by atoms with Gasteiger partial charge < -0.3 is 15.2 Å². The summed E-state index contributed by atoms with van der Waals surface area (Å²) in [6.07, 6.45) is 0.925. The average Bonchev–Trinajstić information content (AvgIpc) is 2.56. The number of aliphatic hydroxyl groups excluding tert-OH is 1. The Bertz CT molecular complexity index is 507. The maximum atomic E-state index is 9.14. The summed E-state index contributed by atoms with van der Waals surface area (Å²) in [5.74, 6) is 0.872. The van der Waals surface area contributed by atoms with Crippen LogP contribution in [-0.4, -0.2) is 17.8 Å². The smallest absolute Gasteiger partial charge is 0.119 e. The van der Waals surface area contributed by atoms with Crippen LogP contribution in [0.1, 0.15) is 24.5 Å². The molecule has 0 amide bonds. The molecule has 2 rings (SSSR count). The van der Waals surface area contributed by atoms with Crippen molar-refractivity contribution in [3.8, 4) is 5.75 Å². The van der Waals surface area contributed by atoms with E-state index in [2.05, 4.69) is 36.5 Å². The van der Waals surface area contributed by atoms with E-state index in [1.807, 2.05) is 30.3 Å². The highest BCUT2D eigenvalue weighted by Gasteiger charge is 2.03. The van der Waals surface area contributed by atoms with Crippen LogP contribution >= 0.6 is 0 Å². The van der Waals surface area contributed by atoms with Crippen LogP contribution in [0.3, 0.4) is 0 Å². The van der Waals surface area contributed by atoms with E-state index >= 15 is 0 Å². The minimum absolute atomic E-state index is 0.166. The highest BCUT2D eigenvalue weighted by molar-refractivity contribution is 5.27. The summed E-state index contributed by atoms with van der Waals surface area (Å²) in [4.78, 5) is 0. The molecule has 0 saturated carbocycles. The van der Waals surface area contributed by atoms with Crippen molar-refractivity contribution >= 4 is 0 Å². The van der Waals surface area contributed by atoms with Crippen molar-refractivity contribution in [2.75, 3.05) is 6.61 Å². The molecule has 3 heteroatoms. The van der Waals surface area contributed by atoms with Crippen molar-refractivity contribution in [3.63, 3.8) is 0 Å². The topological polar surface area (TPSA) is 41.5 Å². The average molecular weight is 285 g/mol. The van der Waals surface area contributed by atoms with Gasteiger partial charge in [-0.1, -0.05) is 49.4 Å². The van der Waals surface area contributed by atoms with E-state index in [9.17, 15) is 0 Å². The Morgan fingerprint density at radius 3 is 2.33 bits per heavy atom.